The molecule has 8 heteroatoms. The van der Waals surface area contributed by atoms with Gasteiger partial charge in [0.25, 0.3) is 10.1 Å². The van der Waals surface area contributed by atoms with E-state index in [1.807, 2.05) is 0 Å². The summed E-state index contributed by atoms with van der Waals surface area (Å²) in [5.74, 6) is 0. The van der Waals surface area contributed by atoms with Crippen LogP contribution in [0, 0.1) is 0 Å². The van der Waals surface area contributed by atoms with Gasteiger partial charge in [-0.2, -0.15) is 8.42 Å². The van der Waals surface area contributed by atoms with Crippen LogP contribution in [-0.2, 0) is 23.4 Å². The molecular formula is C9H22O6SSi. The second-order valence-corrected chi connectivity index (χ2v) is 7.99. The minimum atomic E-state index is -4.10. The predicted octanol–water partition coefficient (Wildman–Crippen LogP) is 1.31. The first kappa shape index (κ1) is 17.0. The maximum atomic E-state index is 11.0. The highest BCUT2D eigenvalue weighted by Crippen LogP contribution is 2.21. The maximum absolute atomic E-state index is 11.0. The van der Waals surface area contributed by atoms with E-state index in [2.05, 4.69) is 0 Å². The Kier molecular flexibility index (Phi) is 7.45. The van der Waals surface area contributed by atoms with Gasteiger partial charge in [0.1, 0.15) is 0 Å². The zero-order chi connectivity index (χ0) is 13.5. The molecule has 17 heavy (non-hydrogen) atoms. The van der Waals surface area contributed by atoms with E-state index >= 15 is 0 Å². The van der Waals surface area contributed by atoms with Gasteiger partial charge in [0.15, 0.2) is 0 Å². The zero-order valence-corrected chi connectivity index (χ0v) is 12.6. The smallest absolute Gasteiger partial charge is 0.374 e. The van der Waals surface area contributed by atoms with Gasteiger partial charge in [-0.05, 0) is 27.7 Å². The largest absolute Gasteiger partial charge is 0.502 e. The fraction of sp³-hybridized carbons (Fsp3) is 1.00. The lowest BCUT2D eigenvalue weighted by Crippen LogP contribution is -2.49. The van der Waals surface area contributed by atoms with Crippen LogP contribution in [0.5, 0.6) is 0 Å². The molecule has 6 nitrogen and oxygen atoms in total. The summed E-state index contributed by atoms with van der Waals surface area (Å²) in [5, 5.41) is -0.959. The van der Waals surface area contributed by atoms with E-state index in [1.165, 1.54) is 6.92 Å². The van der Waals surface area contributed by atoms with Crippen LogP contribution >= 0.6 is 0 Å². The highest BCUT2D eigenvalue weighted by Gasteiger charge is 2.44. The molecule has 0 fully saturated rings. The van der Waals surface area contributed by atoms with Crippen LogP contribution in [0.25, 0.3) is 0 Å². The van der Waals surface area contributed by atoms with Crippen molar-refractivity contribution in [3.63, 3.8) is 0 Å². The third-order valence-electron chi connectivity index (χ3n) is 2.14. The Morgan fingerprint density at radius 1 is 1.06 bits per heavy atom. The summed E-state index contributed by atoms with van der Waals surface area (Å²) in [7, 11) is -7.10. The second kappa shape index (κ2) is 7.44. The van der Waals surface area contributed by atoms with Crippen molar-refractivity contribution in [3.8, 4) is 0 Å². The maximum Gasteiger partial charge on any atom is 0.502 e. The first-order valence-electron chi connectivity index (χ1n) is 5.69. The van der Waals surface area contributed by atoms with Gasteiger partial charge in [-0.3, -0.25) is 4.55 Å². The number of hydrogen-bond acceptors (Lipinski definition) is 5. The van der Waals surface area contributed by atoms with E-state index in [9.17, 15) is 8.42 Å². The average molecular weight is 286 g/mol. The first-order chi connectivity index (χ1) is 7.81. The van der Waals surface area contributed by atoms with E-state index in [4.69, 9.17) is 17.8 Å². The van der Waals surface area contributed by atoms with Crippen LogP contribution in [0.15, 0.2) is 0 Å². The summed E-state index contributed by atoms with van der Waals surface area (Å²) in [4.78, 5) is 0. The van der Waals surface area contributed by atoms with Gasteiger partial charge in [0.05, 0.1) is 5.25 Å². The van der Waals surface area contributed by atoms with Crippen LogP contribution in [0.4, 0.5) is 0 Å². The molecule has 0 aliphatic heterocycles. The van der Waals surface area contributed by atoms with Crippen LogP contribution in [-0.4, -0.2) is 46.8 Å². The van der Waals surface area contributed by atoms with Crippen molar-refractivity contribution in [2.75, 3.05) is 19.8 Å². The van der Waals surface area contributed by atoms with Crippen molar-refractivity contribution in [1.82, 2.24) is 0 Å². The molecule has 1 N–H and O–H groups in total. The Morgan fingerprint density at radius 3 is 1.65 bits per heavy atom. The molecule has 104 valence electrons. The minimum absolute atomic E-state index is 0.0569. The minimum Gasteiger partial charge on any atom is -0.374 e. The molecule has 0 amide bonds. The molecular weight excluding hydrogens is 264 g/mol. The highest BCUT2D eigenvalue weighted by molar-refractivity contribution is 7.86. The zero-order valence-electron chi connectivity index (χ0n) is 10.8. The molecule has 0 heterocycles. The summed E-state index contributed by atoms with van der Waals surface area (Å²) >= 11 is 0. The summed E-state index contributed by atoms with van der Waals surface area (Å²) in [6, 6.07) is 0.0569. The molecule has 1 unspecified atom stereocenters. The molecule has 0 saturated carbocycles. The Morgan fingerprint density at radius 2 is 1.41 bits per heavy atom. The van der Waals surface area contributed by atoms with E-state index < -0.39 is 24.2 Å². The van der Waals surface area contributed by atoms with Gasteiger partial charge in [0, 0.05) is 25.9 Å². The van der Waals surface area contributed by atoms with Gasteiger partial charge in [-0.1, -0.05) is 0 Å². The predicted molar refractivity (Wildman–Crippen MR) is 66.4 cm³/mol. The third-order valence-corrected chi connectivity index (χ3v) is 6.92. The van der Waals surface area contributed by atoms with Gasteiger partial charge in [-0.25, -0.2) is 0 Å². The quantitative estimate of drug-likeness (QED) is 0.508. The molecule has 0 aromatic rings. The highest BCUT2D eigenvalue weighted by atomic mass is 32.2. The Hall–Kier alpha value is 0.00688. The molecule has 1 atom stereocenters. The number of hydrogen-bond donors (Lipinski definition) is 1. The van der Waals surface area contributed by atoms with Gasteiger partial charge in [0.2, 0.25) is 0 Å². The van der Waals surface area contributed by atoms with Crippen molar-refractivity contribution in [2.45, 2.75) is 39.0 Å². The molecule has 0 rings (SSSR count). The van der Waals surface area contributed by atoms with Crippen LogP contribution in [0.2, 0.25) is 6.04 Å². The molecule has 0 saturated heterocycles. The first-order valence-corrected chi connectivity index (χ1v) is 9.13. The summed E-state index contributed by atoms with van der Waals surface area (Å²) < 4.78 is 47.5. The number of rotatable bonds is 9. The lowest BCUT2D eigenvalue weighted by atomic mass is 10.6. The van der Waals surface area contributed by atoms with Crippen molar-refractivity contribution < 1.29 is 26.2 Å². The second-order valence-electron chi connectivity index (χ2n) is 3.51. The van der Waals surface area contributed by atoms with Gasteiger partial charge in [-0.15, -0.1) is 0 Å². The van der Waals surface area contributed by atoms with Crippen molar-refractivity contribution >= 4 is 18.9 Å². The van der Waals surface area contributed by atoms with Crippen LogP contribution < -0.4 is 0 Å². The lowest BCUT2D eigenvalue weighted by Gasteiger charge is -2.29. The lowest BCUT2D eigenvalue weighted by molar-refractivity contribution is 0.0711. The molecule has 0 radical (unpaired) electrons. The third kappa shape index (κ3) is 5.93. The molecule has 0 aromatic heterocycles. The van der Waals surface area contributed by atoms with E-state index in [1.54, 1.807) is 20.8 Å². The fourth-order valence-corrected chi connectivity index (χ4v) is 5.50. The summed E-state index contributed by atoms with van der Waals surface area (Å²) in [5.41, 5.74) is 0. The standard InChI is InChI=1S/C9H22O6SSi/c1-5-13-17(14-6-2,15-7-3)8-9(4)16(10,11)12/h9H,5-8H2,1-4H3,(H,10,11,12). The van der Waals surface area contributed by atoms with Crippen molar-refractivity contribution in [1.29, 1.82) is 0 Å². The Bertz CT molecular complexity index is 288. The van der Waals surface area contributed by atoms with Gasteiger partial charge >= 0.3 is 8.80 Å². The van der Waals surface area contributed by atoms with E-state index in [0.29, 0.717) is 19.8 Å². The molecule has 0 bridgehead atoms. The monoisotopic (exact) mass is 286 g/mol. The average Bonchev–Trinajstić information content (AvgIpc) is 2.17. The van der Waals surface area contributed by atoms with Crippen LogP contribution in [0.3, 0.4) is 0 Å². The fourth-order valence-electron chi connectivity index (χ4n) is 1.42. The van der Waals surface area contributed by atoms with Crippen LogP contribution in [0.1, 0.15) is 27.7 Å². The Labute approximate surface area is 104 Å². The van der Waals surface area contributed by atoms with E-state index in [0.717, 1.165) is 0 Å². The van der Waals surface area contributed by atoms with Crippen molar-refractivity contribution in [2.24, 2.45) is 0 Å². The molecule has 0 aliphatic carbocycles. The SMILES string of the molecule is CCO[Si](CC(C)S(=O)(=O)O)(OCC)OCC. The normalized spacial score (nSPS) is 14.9. The molecule has 0 aliphatic rings. The summed E-state index contributed by atoms with van der Waals surface area (Å²) in [6.45, 7) is 7.92. The molecule has 0 aromatic carbocycles. The van der Waals surface area contributed by atoms with E-state index in [-0.39, 0.29) is 6.04 Å². The molecule has 0 spiro atoms. The topological polar surface area (TPSA) is 82.1 Å². The van der Waals surface area contributed by atoms with Gasteiger partial charge < -0.3 is 13.3 Å². The Balaban J connectivity index is 4.88. The summed E-state index contributed by atoms with van der Waals surface area (Å²) in [6.07, 6.45) is 0. The van der Waals surface area contributed by atoms with Crippen molar-refractivity contribution in [3.05, 3.63) is 0 Å².